The average molecular weight is 498 g/mol. The SMILES string of the molecule is CNC(=O)[C@]12C[C@H]1[C@@](C)(c1cc(/C=C(\F)c3ccc(OC(F)(F)F)cn3)ccc1F)N=C(N)S2. The van der Waals surface area contributed by atoms with Crippen LogP contribution in [0.3, 0.4) is 0 Å². The minimum absolute atomic E-state index is 0.148. The molecule has 0 radical (unpaired) electrons. The summed E-state index contributed by atoms with van der Waals surface area (Å²) < 4.78 is 69.4. The predicted molar refractivity (Wildman–Crippen MR) is 118 cm³/mol. The maximum absolute atomic E-state index is 14.9. The molecule has 0 unspecified atom stereocenters. The molecule has 6 nitrogen and oxygen atoms in total. The number of amidine groups is 1. The lowest BCUT2D eigenvalue weighted by atomic mass is 9.84. The first-order chi connectivity index (χ1) is 15.9. The lowest BCUT2D eigenvalue weighted by Crippen LogP contribution is -2.43. The number of hydrogen-bond donors (Lipinski definition) is 2. The highest BCUT2D eigenvalue weighted by atomic mass is 32.2. The number of nitrogens with one attached hydrogen (secondary N) is 1. The molecule has 3 N–H and O–H groups in total. The zero-order valence-corrected chi connectivity index (χ0v) is 18.7. The van der Waals surface area contributed by atoms with Gasteiger partial charge in [0.05, 0.1) is 17.4 Å². The van der Waals surface area contributed by atoms with E-state index in [-0.39, 0.29) is 33.8 Å². The van der Waals surface area contributed by atoms with Crippen LogP contribution in [0.15, 0.2) is 41.5 Å². The third kappa shape index (κ3) is 4.33. The van der Waals surface area contributed by atoms with Crippen LogP contribution in [-0.4, -0.2) is 34.2 Å². The van der Waals surface area contributed by atoms with E-state index in [0.29, 0.717) is 6.42 Å². The monoisotopic (exact) mass is 498 g/mol. The second kappa shape index (κ2) is 8.26. The van der Waals surface area contributed by atoms with Crippen molar-refractivity contribution < 1.29 is 31.5 Å². The van der Waals surface area contributed by atoms with Crippen LogP contribution in [-0.2, 0) is 10.3 Å². The van der Waals surface area contributed by atoms with Crippen molar-refractivity contribution in [1.29, 1.82) is 0 Å². The van der Waals surface area contributed by atoms with E-state index in [4.69, 9.17) is 5.73 Å². The molecule has 1 saturated carbocycles. The van der Waals surface area contributed by atoms with Gasteiger partial charge in [-0.3, -0.25) is 9.79 Å². The number of carbonyl (C=O) groups excluding carboxylic acids is 1. The van der Waals surface area contributed by atoms with Crippen LogP contribution in [0, 0.1) is 11.7 Å². The van der Waals surface area contributed by atoms with Gasteiger partial charge in [0.2, 0.25) is 5.91 Å². The number of aliphatic imine (C=N–C) groups is 1. The summed E-state index contributed by atoms with van der Waals surface area (Å²) in [7, 11) is 1.51. The molecule has 0 saturated heterocycles. The van der Waals surface area contributed by atoms with Crippen molar-refractivity contribution in [3.63, 3.8) is 0 Å². The van der Waals surface area contributed by atoms with Crippen molar-refractivity contribution >= 4 is 34.7 Å². The molecule has 2 aliphatic rings. The van der Waals surface area contributed by atoms with E-state index in [0.717, 1.165) is 42.2 Å². The molecule has 34 heavy (non-hydrogen) atoms. The Morgan fingerprint density at radius 2 is 2.06 bits per heavy atom. The molecule has 0 bridgehead atoms. The molecule has 2 aromatic rings. The Bertz CT molecular complexity index is 1200. The maximum atomic E-state index is 14.9. The summed E-state index contributed by atoms with van der Waals surface area (Å²) in [4.78, 5) is 20.6. The quantitative estimate of drug-likeness (QED) is 0.598. The summed E-state index contributed by atoms with van der Waals surface area (Å²) in [5.41, 5.74) is 5.02. The second-order valence-corrected chi connectivity index (χ2v) is 9.43. The van der Waals surface area contributed by atoms with Gasteiger partial charge in [0.15, 0.2) is 5.17 Å². The van der Waals surface area contributed by atoms with Crippen LogP contribution in [0.2, 0.25) is 0 Å². The van der Waals surface area contributed by atoms with Gasteiger partial charge >= 0.3 is 6.36 Å². The number of thioether (sulfide) groups is 1. The molecular weight excluding hydrogens is 479 g/mol. The van der Waals surface area contributed by atoms with E-state index in [9.17, 15) is 26.7 Å². The standard InChI is InChI=1S/C22H19F5N4O2S/c1-20(17-9-21(17,18(32)29-2)34-19(28)31-20)13-7-11(3-5-14(13)23)8-15(24)16-6-4-12(10-30-16)33-22(25,26)27/h3-8,10,17H,9H2,1-2H3,(H2,28,31)(H,29,32)/b15-8-/t17-,20+,21-/m0/s1. The predicted octanol–water partition coefficient (Wildman–Crippen LogP) is 4.37. The number of pyridine rings is 1. The molecule has 1 aliphatic carbocycles. The molecule has 1 aromatic carbocycles. The number of aromatic nitrogens is 1. The highest BCUT2D eigenvalue weighted by Gasteiger charge is 2.70. The number of nitrogens with zero attached hydrogens (tertiary/aromatic N) is 2. The van der Waals surface area contributed by atoms with Crippen molar-refractivity contribution in [3.05, 3.63) is 59.2 Å². The lowest BCUT2D eigenvalue weighted by molar-refractivity contribution is -0.274. The summed E-state index contributed by atoms with van der Waals surface area (Å²) >= 11 is 1.15. The topological polar surface area (TPSA) is 89.6 Å². The van der Waals surface area contributed by atoms with E-state index < -0.39 is 34.0 Å². The number of fused-ring (bicyclic) bond motifs is 1. The normalized spacial score (nSPS) is 26.4. The fraction of sp³-hybridized carbons (Fsp3) is 0.318. The Kier molecular flexibility index (Phi) is 5.83. The zero-order valence-electron chi connectivity index (χ0n) is 17.9. The fourth-order valence-corrected chi connectivity index (χ4v) is 5.66. The molecule has 1 aliphatic heterocycles. The molecule has 1 amide bonds. The number of hydrogen-bond acceptors (Lipinski definition) is 6. The van der Waals surface area contributed by atoms with Crippen molar-refractivity contribution in [2.75, 3.05) is 7.05 Å². The second-order valence-electron chi connectivity index (χ2n) is 8.08. The molecular formula is C22H19F5N4O2S. The number of alkyl halides is 3. The number of nitrogens with two attached hydrogens (primary N) is 1. The van der Waals surface area contributed by atoms with E-state index >= 15 is 0 Å². The van der Waals surface area contributed by atoms with Crippen molar-refractivity contribution in [3.8, 4) is 5.75 Å². The van der Waals surface area contributed by atoms with Crippen LogP contribution in [0.4, 0.5) is 22.0 Å². The third-order valence-corrected chi connectivity index (χ3v) is 7.17. The van der Waals surface area contributed by atoms with Gasteiger partial charge < -0.3 is 15.8 Å². The largest absolute Gasteiger partial charge is 0.573 e. The Labute approximate surface area is 195 Å². The molecule has 4 rings (SSSR count). The Hall–Kier alpha value is -3.15. The summed E-state index contributed by atoms with van der Waals surface area (Å²) in [5, 5.41) is 2.76. The number of halogens is 5. The third-order valence-electron chi connectivity index (χ3n) is 5.87. The Morgan fingerprint density at radius 3 is 2.68 bits per heavy atom. The van der Waals surface area contributed by atoms with E-state index in [1.54, 1.807) is 6.92 Å². The maximum Gasteiger partial charge on any atom is 0.573 e. The molecule has 2 heterocycles. The minimum atomic E-state index is -4.89. The van der Waals surface area contributed by atoms with Gasteiger partial charge in [-0.1, -0.05) is 17.8 Å². The van der Waals surface area contributed by atoms with Gasteiger partial charge in [-0.15, -0.1) is 13.2 Å². The number of carbonyl (C=O) groups is 1. The van der Waals surface area contributed by atoms with E-state index in [1.807, 2.05) is 0 Å². The highest BCUT2D eigenvalue weighted by Crippen LogP contribution is 2.66. The first-order valence-corrected chi connectivity index (χ1v) is 10.9. The van der Waals surface area contributed by atoms with E-state index in [1.165, 1.54) is 19.2 Å². The number of rotatable bonds is 5. The number of ether oxygens (including phenoxy) is 1. The number of benzene rings is 1. The molecule has 1 fully saturated rings. The van der Waals surface area contributed by atoms with Crippen LogP contribution < -0.4 is 15.8 Å². The Morgan fingerprint density at radius 1 is 1.32 bits per heavy atom. The molecule has 180 valence electrons. The van der Waals surface area contributed by atoms with Crippen molar-refractivity contribution in [1.82, 2.24) is 10.3 Å². The van der Waals surface area contributed by atoms with Crippen LogP contribution in [0.1, 0.15) is 30.2 Å². The molecule has 0 spiro atoms. The van der Waals surface area contributed by atoms with Gasteiger partial charge in [-0.25, -0.2) is 13.8 Å². The summed E-state index contributed by atoms with van der Waals surface area (Å²) in [5.74, 6) is -2.57. The minimum Gasteiger partial charge on any atom is -0.404 e. The molecule has 3 atom stereocenters. The van der Waals surface area contributed by atoms with Crippen LogP contribution in [0.25, 0.3) is 11.9 Å². The van der Waals surface area contributed by atoms with Crippen LogP contribution >= 0.6 is 11.8 Å². The molecule has 1 aromatic heterocycles. The van der Waals surface area contributed by atoms with Crippen LogP contribution in [0.5, 0.6) is 5.75 Å². The smallest absolute Gasteiger partial charge is 0.404 e. The van der Waals surface area contributed by atoms with Gasteiger partial charge in [0, 0.05) is 18.5 Å². The molecule has 12 heteroatoms. The first kappa shape index (κ1) is 24.0. The van der Waals surface area contributed by atoms with Gasteiger partial charge in [-0.2, -0.15) is 0 Å². The lowest BCUT2D eigenvalue weighted by Gasteiger charge is -2.33. The highest BCUT2D eigenvalue weighted by molar-refractivity contribution is 8.15. The zero-order chi connectivity index (χ0) is 24.9. The van der Waals surface area contributed by atoms with Crippen molar-refractivity contribution in [2.45, 2.75) is 30.0 Å². The van der Waals surface area contributed by atoms with Crippen molar-refractivity contribution in [2.24, 2.45) is 16.6 Å². The van der Waals surface area contributed by atoms with Gasteiger partial charge in [0.25, 0.3) is 0 Å². The number of amides is 1. The first-order valence-electron chi connectivity index (χ1n) is 10.0. The summed E-state index contributed by atoms with van der Waals surface area (Å²) in [6.07, 6.45) is -2.63. The summed E-state index contributed by atoms with van der Waals surface area (Å²) in [6, 6.07) is 5.87. The Balaban J connectivity index is 1.65. The fourth-order valence-electron chi connectivity index (χ4n) is 4.24. The average Bonchev–Trinajstić information content (AvgIpc) is 3.50. The van der Waals surface area contributed by atoms with E-state index in [2.05, 4.69) is 20.0 Å². The van der Waals surface area contributed by atoms with Gasteiger partial charge in [0.1, 0.15) is 22.1 Å². The van der Waals surface area contributed by atoms with Gasteiger partial charge in [-0.05, 0) is 49.2 Å². The summed E-state index contributed by atoms with van der Waals surface area (Å²) in [6.45, 7) is 1.68.